The fourth-order valence-electron chi connectivity index (χ4n) is 7.31. The SMILES string of the molecule is COc1cc(-c2cccc(-c3cccc(-c4cnc(CN5CC6(CCC(=O)N6)C5)c(OC)n4)c3Cl)c2Cl)cc2c1[C@H](NCC(=O)O)CC2. The van der Waals surface area contributed by atoms with Crippen molar-refractivity contribution in [2.45, 2.75) is 43.8 Å². The van der Waals surface area contributed by atoms with Crippen molar-refractivity contribution in [3.8, 4) is 45.1 Å². The van der Waals surface area contributed by atoms with Gasteiger partial charge in [-0.2, -0.15) is 0 Å². The van der Waals surface area contributed by atoms with Crippen LogP contribution in [0, 0.1) is 0 Å². The minimum Gasteiger partial charge on any atom is -0.496 e. The molecule has 0 radical (unpaired) electrons. The number of amides is 1. The van der Waals surface area contributed by atoms with Crippen LogP contribution >= 0.6 is 23.2 Å². The molecule has 1 aromatic heterocycles. The monoisotopic (exact) mass is 687 g/mol. The number of halogens is 2. The third-order valence-corrected chi connectivity index (χ3v) is 10.4. The molecule has 7 rings (SSSR count). The third kappa shape index (κ3) is 5.98. The second kappa shape index (κ2) is 13.0. The molecule has 1 amide bonds. The van der Waals surface area contributed by atoms with Gasteiger partial charge in [0.05, 0.1) is 48.2 Å². The molecule has 4 aromatic rings. The molecule has 0 unspecified atom stereocenters. The number of benzene rings is 3. The number of methoxy groups -OCH3 is 2. The van der Waals surface area contributed by atoms with Crippen LogP contribution in [0.2, 0.25) is 10.0 Å². The maximum Gasteiger partial charge on any atom is 0.317 e. The Bertz CT molecular complexity index is 1930. The first-order valence-corrected chi connectivity index (χ1v) is 16.6. The van der Waals surface area contributed by atoms with Gasteiger partial charge in [0.25, 0.3) is 0 Å². The molecule has 0 saturated carbocycles. The molecular formula is C36H35Cl2N5O5. The summed E-state index contributed by atoms with van der Waals surface area (Å²) < 4.78 is 11.4. The number of hydrogen-bond acceptors (Lipinski definition) is 8. The summed E-state index contributed by atoms with van der Waals surface area (Å²) in [6.07, 6.45) is 4.73. The fourth-order valence-corrected chi connectivity index (χ4v) is 7.97. The van der Waals surface area contributed by atoms with Crippen LogP contribution in [-0.4, -0.2) is 71.2 Å². The molecule has 2 fully saturated rings. The zero-order chi connectivity index (χ0) is 33.6. The highest BCUT2D eigenvalue weighted by Crippen LogP contribution is 2.46. The highest BCUT2D eigenvalue weighted by Gasteiger charge is 2.47. The first-order chi connectivity index (χ1) is 23.2. The number of carboxylic acid groups (broad SMARTS) is 1. The van der Waals surface area contributed by atoms with Crippen molar-refractivity contribution in [3.63, 3.8) is 0 Å². The van der Waals surface area contributed by atoms with Gasteiger partial charge >= 0.3 is 5.97 Å². The number of likely N-dealkylation sites (tertiary alicyclic amines) is 1. The van der Waals surface area contributed by atoms with Gasteiger partial charge in [0, 0.05) is 59.9 Å². The number of nitrogens with zero attached hydrogens (tertiary/aromatic N) is 3. The molecule has 1 aliphatic carbocycles. The van der Waals surface area contributed by atoms with E-state index in [1.165, 1.54) is 0 Å². The smallest absolute Gasteiger partial charge is 0.317 e. The average Bonchev–Trinajstić information content (AvgIpc) is 3.67. The Morgan fingerprint density at radius 3 is 2.42 bits per heavy atom. The van der Waals surface area contributed by atoms with E-state index >= 15 is 0 Å². The number of nitrogens with one attached hydrogen (secondary N) is 2. The third-order valence-electron chi connectivity index (χ3n) is 9.54. The Morgan fingerprint density at radius 2 is 1.75 bits per heavy atom. The largest absolute Gasteiger partial charge is 0.496 e. The summed E-state index contributed by atoms with van der Waals surface area (Å²) >= 11 is 14.2. The van der Waals surface area contributed by atoms with E-state index in [-0.39, 0.29) is 24.0 Å². The van der Waals surface area contributed by atoms with Crippen LogP contribution in [0.15, 0.2) is 54.7 Å². The van der Waals surface area contributed by atoms with Crippen LogP contribution in [0.3, 0.4) is 0 Å². The Kier molecular flexibility index (Phi) is 8.76. The lowest BCUT2D eigenvalue weighted by molar-refractivity contribution is -0.136. The van der Waals surface area contributed by atoms with Gasteiger partial charge in [0.2, 0.25) is 11.8 Å². The number of ether oxygens (including phenoxy) is 2. The molecule has 3 heterocycles. The molecule has 1 atom stereocenters. The van der Waals surface area contributed by atoms with E-state index in [0.717, 1.165) is 71.4 Å². The predicted octanol–water partition coefficient (Wildman–Crippen LogP) is 5.93. The molecule has 48 heavy (non-hydrogen) atoms. The van der Waals surface area contributed by atoms with Crippen LogP contribution in [-0.2, 0) is 22.6 Å². The molecule has 3 aromatic carbocycles. The number of carbonyl (C=O) groups excluding carboxylic acids is 1. The van der Waals surface area contributed by atoms with Crippen LogP contribution in [0.25, 0.3) is 33.5 Å². The van der Waals surface area contributed by atoms with Crippen LogP contribution < -0.4 is 20.1 Å². The quantitative estimate of drug-likeness (QED) is 0.186. The molecule has 3 aliphatic rings. The molecule has 12 heteroatoms. The number of rotatable bonds is 10. The normalized spacial score (nSPS) is 18.0. The van der Waals surface area contributed by atoms with Gasteiger partial charge in [-0.3, -0.25) is 24.8 Å². The molecular weight excluding hydrogens is 653 g/mol. The van der Waals surface area contributed by atoms with Gasteiger partial charge < -0.3 is 19.9 Å². The summed E-state index contributed by atoms with van der Waals surface area (Å²) in [5.74, 6) is 0.343. The van der Waals surface area contributed by atoms with E-state index in [0.29, 0.717) is 45.9 Å². The maximum absolute atomic E-state index is 11.7. The lowest BCUT2D eigenvalue weighted by Crippen LogP contribution is -2.66. The summed E-state index contributed by atoms with van der Waals surface area (Å²) in [5.41, 5.74) is 7.22. The molecule has 2 aliphatic heterocycles. The lowest BCUT2D eigenvalue weighted by atomic mass is 9.88. The topological polar surface area (TPSA) is 126 Å². The zero-order valence-electron chi connectivity index (χ0n) is 26.6. The van der Waals surface area contributed by atoms with Crippen molar-refractivity contribution in [1.29, 1.82) is 0 Å². The Balaban J connectivity index is 1.16. The molecule has 248 valence electrons. The standard InChI is InChI=1S/C36H35Cl2N5O5/c1-47-29-14-21(13-20-9-10-26(32(20)29)40-16-31(45)46)22-5-3-6-23(33(22)37)24-7-4-8-25(34(24)38)27-15-39-28(35(41-27)48-2)17-43-18-36(19-43)12-11-30(44)42-36/h3-8,13-15,26,40H,9-12,16-19H2,1-2H3,(H,42,44)(H,45,46)/t26-/m1/s1. The van der Waals surface area contributed by atoms with Gasteiger partial charge in [-0.1, -0.05) is 65.7 Å². The number of aromatic nitrogens is 2. The molecule has 0 bridgehead atoms. The fraction of sp³-hybridized carbons (Fsp3) is 0.333. The van der Waals surface area contributed by atoms with Crippen molar-refractivity contribution in [2.24, 2.45) is 0 Å². The van der Waals surface area contributed by atoms with E-state index in [4.69, 9.17) is 47.8 Å². The minimum absolute atomic E-state index is 0.0942. The first-order valence-electron chi connectivity index (χ1n) is 15.9. The van der Waals surface area contributed by atoms with Gasteiger partial charge in [-0.05, 0) is 36.5 Å². The predicted molar refractivity (Wildman–Crippen MR) is 184 cm³/mol. The lowest BCUT2D eigenvalue weighted by Gasteiger charge is -2.47. The summed E-state index contributed by atoms with van der Waals surface area (Å²) in [7, 11) is 3.20. The Morgan fingerprint density at radius 1 is 1.04 bits per heavy atom. The Labute approximate surface area is 288 Å². The first kappa shape index (κ1) is 32.3. The summed E-state index contributed by atoms with van der Waals surface area (Å²) in [6.45, 7) is 2.01. The molecule has 10 nitrogen and oxygen atoms in total. The maximum atomic E-state index is 11.7. The number of aryl methyl sites for hydroxylation is 1. The number of aliphatic carboxylic acids is 1. The number of hydrogen-bond donors (Lipinski definition) is 3. The highest BCUT2D eigenvalue weighted by atomic mass is 35.5. The van der Waals surface area contributed by atoms with Crippen molar-refractivity contribution in [3.05, 3.63) is 81.6 Å². The van der Waals surface area contributed by atoms with Crippen molar-refractivity contribution in [2.75, 3.05) is 33.9 Å². The zero-order valence-corrected chi connectivity index (χ0v) is 28.1. The van der Waals surface area contributed by atoms with Crippen LogP contribution in [0.5, 0.6) is 11.6 Å². The van der Waals surface area contributed by atoms with E-state index in [9.17, 15) is 9.59 Å². The van der Waals surface area contributed by atoms with Crippen molar-refractivity contribution >= 4 is 35.1 Å². The summed E-state index contributed by atoms with van der Waals surface area (Å²) in [6, 6.07) is 15.6. The summed E-state index contributed by atoms with van der Waals surface area (Å²) in [5, 5.41) is 16.4. The second-order valence-corrected chi connectivity index (χ2v) is 13.4. The van der Waals surface area contributed by atoms with E-state index < -0.39 is 5.97 Å². The highest BCUT2D eigenvalue weighted by molar-refractivity contribution is 6.39. The number of fused-ring (bicyclic) bond motifs is 1. The van der Waals surface area contributed by atoms with Crippen molar-refractivity contribution in [1.82, 2.24) is 25.5 Å². The van der Waals surface area contributed by atoms with Gasteiger partial charge in [-0.25, -0.2) is 4.98 Å². The minimum atomic E-state index is -0.897. The molecule has 2 saturated heterocycles. The van der Waals surface area contributed by atoms with E-state index in [2.05, 4.69) is 21.6 Å². The van der Waals surface area contributed by atoms with E-state index in [1.54, 1.807) is 20.4 Å². The van der Waals surface area contributed by atoms with Gasteiger partial charge in [0.15, 0.2) is 0 Å². The summed E-state index contributed by atoms with van der Waals surface area (Å²) in [4.78, 5) is 34.6. The van der Waals surface area contributed by atoms with Crippen LogP contribution in [0.1, 0.15) is 42.1 Å². The number of carboxylic acids is 1. The average molecular weight is 689 g/mol. The second-order valence-electron chi connectivity index (χ2n) is 12.6. The van der Waals surface area contributed by atoms with Crippen molar-refractivity contribution < 1.29 is 24.2 Å². The molecule has 1 spiro atoms. The Hall–Kier alpha value is -4.22. The van der Waals surface area contributed by atoms with Gasteiger partial charge in [0.1, 0.15) is 11.4 Å². The van der Waals surface area contributed by atoms with Crippen LogP contribution in [0.4, 0.5) is 0 Å². The number of carbonyl (C=O) groups is 2. The van der Waals surface area contributed by atoms with Gasteiger partial charge in [-0.15, -0.1) is 0 Å². The van der Waals surface area contributed by atoms with E-state index in [1.807, 2.05) is 42.5 Å². The molecule has 3 N–H and O–H groups in total.